The summed E-state index contributed by atoms with van der Waals surface area (Å²) in [6.07, 6.45) is -4.27. The Morgan fingerprint density at radius 1 is 0.780 bits per heavy atom. The summed E-state index contributed by atoms with van der Waals surface area (Å²) in [4.78, 5) is 66.7. The number of hydrogen-bond acceptors (Lipinski definition) is 8. The van der Waals surface area contributed by atoms with E-state index in [-0.39, 0.29) is 66.8 Å². The van der Waals surface area contributed by atoms with Gasteiger partial charge in [-0.05, 0) is 78.1 Å². The molecule has 1 saturated carbocycles. The van der Waals surface area contributed by atoms with E-state index in [9.17, 15) is 50.3 Å². The fourth-order valence-corrected chi connectivity index (χ4v) is 7.37. The number of anilines is 2. The van der Waals surface area contributed by atoms with Crippen LogP contribution in [-0.4, -0.2) is 85.0 Å². The summed E-state index contributed by atoms with van der Waals surface area (Å²) in [6, 6.07) is 3.59. The Morgan fingerprint density at radius 2 is 1.25 bits per heavy atom. The van der Waals surface area contributed by atoms with Crippen molar-refractivity contribution in [3.63, 3.8) is 0 Å². The van der Waals surface area contributed by atoms with E-state index in [1.165, 1.54) is 42.4 Å². The van der Waals surface area contributed by atoms with Crippen LogP contribution in [0.1, 0.15) is 125 Å². The Balaban J connectivity index is 0.000000280. The normalized spacial score (nSPS) is 17.4. The van der Waals surface area contributed by atoms with Crippen molar-refractivity contribution >= 4 is 41.0 Å². The molecule has 0 aromatic heterocycles. The number of fused-ring (bicyclic) bond motifs is 2. The smallest absolute Gasteiger partial charge is 0.417 e. The van der Waals surface area contributed by atoms with E-state index in [0.29, 0.717) is 13.0 Å². The Kier molecular flexibility index (Phi) is 14.3. The fraction of sp³-hybridized carbons (Fsp3) is 0.585. The zero-order valence-electron chi connectivity index (χ0n) is 34.5. The maximum atomic E-state index is 14.1. The molecule has 59 heavy (non-hydrogen) atoms. The number of nitrogens with zero attached hydrogens (tertiary/aromatic N) is 3. The number of rotatable bonds is 10. The van der Waals surface area contributed by atoms with Crippen LogP contribution in [0.2, 0.25) is 0 Å². The molecule has 326 valence electrons. The highest BCUT2D eigenvalue weighted by atomic mass is 19.4. The topological polar surface area (TPSA) is 135 Å². The minimum Gasteiger partial charge on any atom is -0.476 e. The van der Waals surface area contributed by atoms with Crippen molar-refractivity contribution in [1.82, 2.24) is 10.2 Å². The van der Waals surface area contributed by atoms with Crippen molar-refractivity contribution in [3.05, 3.63) is 46.5 Å². The van der Waals surface area contributed by atoms with Crippen molar-refractivity contribution < 1.29 is 64.5 Å². The Labute approximate surface area is 339 Å². The number of benzene rings is 2. The van der Waals surface area contributed by atoms with Crippen molar-refractivity contribution in [2.45, 2.75) is 123 Å². The maximum Gasteiger partial charge on any atom is 0.417 e. The van der Waals surface area contributed by atoms with Gasteiger partial charge in [0.1, 0.15) is 11.5 Å². The number of carbonyl (C=O) groups excluding carboxylic acids is 5. The lowest BCUT2D eigenvalue weighted by atomic mass is 9.93. The Bertz CT molecular complexity index is 1920. The first-order valence-corrected chi connectivity index (χ1v) is 19.6. The van der Waals surface area contributed by atoms with Crippen molar-refractivity contribution in [2.24, 2.45) is 0 Å². The SMILES string of the molecule is CCC(=O)NCCN1C(=O)C(C)(C)Oc2cc(C(F)(F)F)c(C(=O)N(CC)C3CCCCC3)cc21.CCCN1C(=O)C(C)(C)Oc2cc(C(F)(F)F)c(C(=O)OC)cc21. The molecule has 0 saturated heterocycles. The first-order chi connectivity index (χ1) is 27.4. The predicted molar refractivity (Wildman–Crippen MR) is 206 cm³/mol. The predicted octanol–water partition coefficient (Wildman–Crippen LogP) is 7.94. The fourth-order valence-electron chi connectivity index (χ4n) is 7.37. The minimum absolute atomic E-state index is 0.0312. The molecule has 0 unspecified atom stereocenters. The second kappa shape index (κ2) is 18.1. The zero-order chi connectivity index (χ0) is 44.2. The highest BCUT2D eigenvalue weighted by Gasteiger charge is 2.46. The first kappa shape index (κ1) is 46.7. The third kappa shape index (κ3) is 10.2. The van der Waals surface area contributed by atoms with E-state index in [2.05, 4.69) is 10.1 Å². The van der Waals surface area contributed by atoms with Gasteiger partial charge in [-0.2, -0.15) is 26.3 Å². The number of carbonyl (C=O) groups is 5. The summed E-state index contributed by atoms with van der Waals surface area (Å²) in [5, 5.41) is 2.67. The largest absolute Gasteiger partial charge is 0.476 e. The van der Waals surface area contributed by atoms with Crippen LogP contribution in [0.15, 0.2) is 24.3 Å². The summed E-state index contributed by atoms with van der Waals surface area (Å²) < 4.78 is 97.8. The molecule has 3 aliphatic rings. The van der Waals surface area contributed by atoms with Crippen molar-refractivity contribution in [2.75, 3.05) is 43.1 Å². The van der Waals surface area contributed by atoms with Crippen LogP contribution >= 0.6 is 0 Å². The molecule has 18 heteroatoms. The summed E-state index contributed by atoms with van der Waals surface area (Å²) in [7, 11) is 0.997. The third-order valence-corrected chi connectivity index (χ3v) is 10.3. The van der Waals surface area contributed by atoms with Crippen LogP contribution in [-0.2, 0) is 31.5 Å². The molecule has 12 nitrogen and oxygen atoms in total. The molecule has 0 spiro atoms. The summed E-state index contributed by atoms with van der Waals surface area (Å²) in [5.41, 5.74) is -5.87. The van der Waals surface area contributed by atoms with Gasteiger partial charge < -0.3 is 34.2 Å². The molecule has 1 aliphatic carbocycles. The Morgan fingerprint density at radius 3 is 1.69 bits per heavy atom. The monoisotopic (exact) mass is 842 g/mol. The summed E-state index contributed by atoms with van der Waals surface area (Å²) in [5.74, 6) is -3.10. The van der Waals surface area contributed by atoms with Gasteiger partial charge >= 0.3 is 18.3 Å². The second-order valence-electron chi connectivity index (χ2n) is 15.4. The van der Waals surface area contributed by atoms with Gasteiger partial charge in [-0.3, -0.25) is 19.2 Å². The average molecular weight is 843 g/mol. The highest BCUT2D eigenvalue weighted by molar-refractivity contribution is 6.06. The molecular weight excluding hydrogens is 790 g/mol. The number of hydrogen-bond donors (Lipinski definition) is 1. The van der Waals surface area contributed by atoms with Gasteiger partial charge in [0.15, 0.2) is 11.2 Å². The van der Waals surface area contributed by atoms with Gasteiger partial charge in [0.2, 0.25) is 5.91 Å². The number of ether oxygens (including phenoxy) is 3. The van der Waals surface area contributed by atoms with E-state index < -0.39 is 63.6 Å². The number of alkyl halides is 6. The van der Waals surface area contributed by atoms with Gasteiger partial charge in [0.25, 0.3) is 17.7 Å². The van der Waals surface area contributed by atoms with Crippen LogP contribution < -0.4 is 24.6 Å². The van der Waals surface area contributed by atoms with E-state index in [1.807, 2.05) is 6.92 Å². The first-order valence-electron chi connectivity index (χ1n) is 19.6. The lowest BCUT2D eigenvalue weighted by Gasteiger charge is -2.40. The van der Waals surface area contributed by atoms with Gasteiger partial charge in [-0.25, -0.2) is 4.79 Å². The molecule has 5 rings (SSSR count). The molecule has 2 aliphatic heterocycles. The van der Waals surface area contributed by atoms with Crippen LogP contribution in [0.3, 0.4) is 0 Å². The maximum absolute atomic E-state index is 14.1. The molecule has 1 fully saturated rings. The van der Waals surface area contributed by atoms with Gasteiger partial charge in [-0.1, -0.05) is 33.1 Å². The number of amides is 4. The lowest BCUT2D eigenvalue weighted by molar-refractivity contribution is -0.139. The van der Waals surface area contributed by atoms with Crippen molar-refractivity contribution in [1.29, 1.82) is 0 Å². The molecule has 2 aromatic carbocycles. The molecule has 4 amide bonds. The third-order valence-electron chi connectivity index (χ3n) is 10.3. The Hall–Kier alpha value is -5.03. The standard InChI is InChI=1S/C25H34F3N3O4.C16H18F3NO4/c1-5-21(32)29-12-13-31-19-14-17(22(33)30(6-2)16-10-8-7-9-11-16)18(25(26,27)28)15-20(19)35-24(3,4)23(31)34;1-5-6-20-11-7-9(13(21)23-4)10(16(17,18)19)8-12(11)24-15(2,3)14(20)22/h14-16H,5-13H2,1-4H3,(H,29,32);7-8H,5-6H2,1-4H3. The van der Waals surface area contributed by atoms with Crippen LogP contribution in [0.5, 0.6) is 11.5 Å². The van der Waals surface area contributed by atoms with Crippen molar-refractivity contribution in [3.8, 4) is 11.5 Å². The quantitative estimate of drug-likeness (QED) is 0.188. The summed E-state index contributed by atoms with van der Waals surface area (Å²) in [6.45, 7) is 11.9. The minimum atomic E-state index is -4.79. The summed E-state index contributed by atoms with van der Waals surface area (Å²) >= 11 is 0. The van der Waals surface area contributed by atoms with E-state index in [0.717, 1.165) is 63.5 Å². The number of esters is 1. The lowest BCUT2D eigenvalue weighted by Crippen LogP contribution is -2.54. The van der Waals surface area contributed by atoms with E-state index in [1.54, 1.807) is 13.8 Å². The number of nitrogens with one attached hydrogen (secondary N) is 1. The molecule has 0 atom stereocenters. The van der Waals surface area contributed by atoms with Crippen LogP contribution in [0, 0.1) is 0 Å². The average Bonchev–Trinajstić information content (AvgIpc) is 3.16. The van der Waals surface area contributed by atoms with Crippen LogP contribution in [0.4, 0.5) is 37.7 Å². The number of methoxy groups -OCH3 is 1. The number of halogens is 6. The molecule has 0 bridgehead atoms. The van der Waals surface area contributed by atoms with E-state index in [4.69, 9.17) is 9.47 Å². The van der Waals surface area contributed by atoms with Gasteiger partial charge in [-0.15, -0.1) is 0 Å². The van der Waals surface area contributed by atoms with Gasteiger partial charge in [0, 0.05) is 38.6 Å². The highest BCUT2D eigenvalue weighted by Crippen LogP contribution is 2.46. The molecule has 2 heterocycles. The molecule has 0 radical (unpaired) electrons. The van der Waals surface area contributed by atoms with Crippen LogP contribution in [0.25, 0.3) is 0 Å². The van der Waals surface area contributed by atoms with Gasteiger partial charge in [0.05, 0.1) is 40.7 Å². The molecule has 1 N–H and O–H groups in total. The van der Waals surface area contributed by atoms with E-state index >= 15 is 0 Å². The second-order valence-corrected chi connectivity index (χ2v) is 15.4. The molecular formula is C41H52F6N4O8. The zero-order valence-corrected chi connectivity index (χ0v) is 34.5. The molecule has 2 aromatic rings.